The number of allylic oxidation sites excluding steroid dienone is 1. The van der Waals surface area contributed by atoms with E-state index < -0.39 is 13.9 Å². The number of carbonyl (C=O) groups is 1. The first-order valence-corrected chi connectivity index (χ1v) is 11.7. The lowest BCUT2D eigenvalue weighted by molar-refractivity contribution is -0.131. The third kappa shape index (κ3) is 6.81. The van der Waals surface area contributed by atoms with Crippen molar-refractivity contribution < 1.29 is 14.0 Å². The van der Waals surface area contributed by atoms with Gasteiger partial charge in [-0.1, -0.05) is 49.4 Å². The molecule has 0 saturated carbocycles. The lowest BCUT2D eigenvalue weighted by Crippen LogP contribution is -2.39. The van der Waals surface area contributed by atoms with Crippen LogP contribution < -0.4 is 0 Å². The fourth-order valence-electron chi connectivity index (χ4n) is 2.37. The normalized spacial score (nSPS) is 16.2. The van der Waals surface area contributed by atoms with E-state index in [1.165, 1.54) is 0 Å². The van der Waals surface area contributed by atoms with Gasteiger partial charge in [-0.05, 0) is 38.5 Å². The van der Waals surface area contributed by atoms with E-state index in [0.717, 1.165) is 18.3 Å². The number of aldehydes is 1. The molecule has 0 spiro atoms. The first kappa shape index (κ1) is 19.8. The van der Waals surface area contributed by atoms with Gasteiger partial charge in [-0.25, -0.2) is 0 Å². The fraction of sp³-hybridized carbons (Fsp3) is 0.526. The number of hydrogen-bond acceptors (Lipinski definition) is 3. The van der Waals surface area contributed by atoms with Crippen molar-refractivity contribution in [3.05, 3.63) is 48.0 Å². The molecule has 0 aliphatic rings. The maximum atomic E-state index is 11.8. The molecule has 1 rings (SSSR count). The lowest BCUT2D eigenvalue weighted by atomic mass is 9.83. The summed E-state index contributed by atoms with van der Waals surface area (Å²) < 4.78 is 11.8. The third-order valence-electron chi connectivity index (χ3n) is 3.61. The van der Waals surface area contributed by atoms with Gasteiger partial charge in [0.15, 0.2) is 14.6 Å². The van der Waals surface area contributed by atoms with Crippen molar-refractivity contribution in [1.29, 1.82) is 0 Å². The Morgan fingerprint density at radius 1 is 1.17 bits per heavy atom. The molecule has 0 aliphatic heterocycles. The van der Waals surface area contributed by atoms with Crippen molar-refractivity contribution in [1.82, 2.24) is 0 Å². The monoisotopic (exact) mass is 334 g/mol. The fourth-order valence-corrected chi connectivity index (χ4v) is 3.07. The van der Waals surface area contributed by atoms with E-state index in [1.807, 2.05) is 37.3 Å². The second-order valence-electron chi connectivity index (χ2n) is 6.84. The molecule has 128 valence electrons. The van der Waals surface area contributed by atoms with Crippen LogP contribution in [0.5, 0.6) is 0 Å². The van der Waals surface area contributed by atoms with Crippen molar-refractivity contribution in [2.45, 2.75) is 51.4 Å². The van der Waals surface area contributed by atoms with Gasteiger partial charge in [0.25, 0.3) is 0 Å². The second kappa shape index (κ2) is 9.16. The number of rotatable bonds is 10. The van der Waals surface area contributed by atoms with Gasteiger partial charge < -0.3 is 14.0 Å². The minimum absolute atomic E-state index is 0.104. The van der Waals surface area contributed by atoms with Crippen LogP contribution in [0.3, 0.4) is 0 Å². The van der Waals surface area contributed by atoms with Gasteiger partial charge in [0.1, 0.15) is 5.60 Å². The Balaban J connectivity index is 2.86. The van der Waals surface area contributed by atoms with E-state index in [1.54, 1.807) is 0 Å². The molecule has 0 unspecified atom stereocenters. The zero-order chi connectivity index (χ0) is 17.3. The summed E-state index contributed by atoms with van der Waals surface area (Å²) >= 11 is 0. The molecule has 0 fully saturated rings. The van der Waals surface area contributed by atoms with Gasteiger partial charge in [0.05, 0.1) is 13.2 Å². The Morgan fingerprint density at radius 3 is 2.35 bits per heavy atom. The Morgan fingerprint density at radius 2 is 1.83 bits per heavy atom. The van der Waals surface area contributed by atoms with Crippen molar-refractivity contribution in [3.63, 3.8) is 0 Å². The molecule has 3 nitrogen and oxygen atoms in total. The first-order valence-electron chi connectivity index (χ1n) is 8.28. The van der Waals surface area contributed by atoms with Crippen LogP contribution in [0.2, 0.25) is 19.6 Å². The molecule has 0 bridgehead atoms. The topological polar surface area (TPSA) is 35.5 Å². The van der Waals surface area contributed by atoms with E-state index in [4.69, 9.17) is 9.16 Å². The van der Waals surface area contributed by atoms with E-state index in [0.29, 0.717) is 13.2 Å². The smallest absolute Gasteiger partial charge is 0.183 e. The SMILES string of the molecule is CC/C=C/[C@H](c1ccccc1)[C@@](C)(C=O)OCCO[Si](C)(C)C. The van der Waals surface area contributed by atoms with Crippen LogP contribution >= 0.6 is 0 Å². The molecule has 0 heterocycles. The maximum absolute atomic E-state index is 11.8. The molecule has 4 heteroatoms. The van der Waals surface area contributed by atoms with Crippen molar-refractivity contribution in [3.8, 4) is 0 Å². The zero-order valence-electron chi connectivity index (χ0n) is 15.0. The van der Waals surface area contributed by atoms with Crippen LogP contribution in [0.25, 0.3) is 0 Å². The summed E-state index contributed by atoms with van der Waals surface area (Å²) in [6.07, 6.45) is 6.00. The van der Waals surface area contributed by atoms with Crippen LogP contribution in [0.15, 0.2) is 42.5 Å². The Labute approximate surface area is 141 Å². The highest BCUT2D eigenvalue weighted by Crippen LogP contribution is 2.31. The van der Waals surface area contributed by atoms with Crippen LogP contribution in [-0.4, -0.2) is 33.4 Å². The van der Waals surface area contributed by atoms with Gasteiger partial charge in [-0.2, -0.15) is 0 Å². The Bertz CT molecular complexity index is 493. The van der Waals surface area contributed by atoms with Crippen LogP contribution in [0, 0.1) is 0 Å². The number of benzene rings is 1. The standard InChI is InChI=1S/C19H30O3Si/c1-6-7-13-18(17-11-9-8-10-12-17)19(2,16-20)21-14-15-22-23(3,4)5/h7-13,16,18H,6,14-15H2,1-5H3/b13-7+/t18-,19-/m1/s1. The summed E-state index contributed by atoms with van der Waals surface area (Å²) in [5.41, 5.74) is 0.188. The average molecular weight is 335 g/mol. The van der Waals surface area contributed by atoms with Gasteiger partial charge in [0.2, 0.25) is 0 Å². The minimum Gasteiger partial charge on any atom is -0.415 e. The van der Waals surface area contributed by atoms with E-state index in [2.05, 4.69) is 38.7 Å². The van der Waals surface area contributed by atoms with Gasteiger partial charge in [-0.3, -0.25) is 0 Å². The van der Waals surface area contributed by atoms with Gasteiger partial charge in [-0.15, -0.1) is 0 Å². The summed E-state index contributed by atoms with van der Waals surface area (Å²) in [6.45, 7) is 11.3. The number of hydrogen-bond donors (Lipinski definition) is 0. The number of ether oxygens (including phenoxy) is 1. The molecule has 1 aromatic rings. The molecule has 0 aliphatic carbocycles. The summed E-state index contributed by atoms with van der Waals surface area (Å²) in [7, 11) is -1.56. The van der Waals surface area contributed by atoms with Crippen LogP contribution in [0.4, 0.5) is 0 Å². The molecule has 0 amide bonds. The van der Waals surface area contributed by atoms with E-state index in [-0.39, 0.29) is 5.92 Å². The average Bonchev–Trinajstić information content (AvgIpc) is 2.52. The molecule has 23 heavy (non-hydrogen) atoms. The highest BCUT2D eigenvalue weighted by atomic mass is 28.4. The molecule has 0 saturated heterocycles. The number of carbonyl (C=O) groups excluding carboxylic acids is 1. The molecule has 0 radical (unpaired) electrons. The van der Waals surface area contributed by atoms with Crippen LogP contribution in [-0.2, 0) is 14.0 Å². The zero-order valence-corrected chi connectivity index (χ0v) is 16.0. The highest BCUT2D eigenvalue weighted by molar-refractivity contribution is 6.69. The predicted molar refractivity (Wildman–Crippen MR) is 98.3 cm³/mol. The molecule has 2 atom stereocenters. The summed E-state index contributed by atoms with van der Waals surface area (Å²) in [6, 6.07) is 10.0. The van der Waals surface area contributed by atoms with Crippen molar-refractivity contribution in [2.75, 3.05) is 13.2 Å². The van der Waals surface area contributed by atoms with Gasteiger partial charge >= 0.3 is 0 Å². The molecule has 0 N–H and O–H groups in total. The Hall–Kier alpha value is -1.23. The predicted octanol–water partition coefficient (Wildman–Crippen LogP) is 4.56. The van der Waals surface area contributed by atoms with Crippen LogP contribution in [0.1, 0.15) is 31.7 Å². The quantitative estimate of drug-likeness (QED) is 0.272. The maximum Gasteiger partial charge on any atom is 0.183 e. The molecule has 1 aromatic carbocycles. The largest absolute Gasteiger partial charge is 0.415 e. The van der Waals surface area contributed by atoms with Crippen molar-refractivity contribution in [2.24, 2.45) is 0 Å². The third-order valence-corrected chi connectivity index (χ3v) is 4.68. The van der Waals surface area contributed by atoms with E-state index >= 15 is 0 Å². The summed E-state index contributed by atoms with van der Waals surface area (Å²) in [4.78, 5) is 11.8. The Kier molecular flexibility index (Phi) is 7.89. The summed E-state index contributed by atoms with van der Waals surface area (Å²) in [5.74, 6) is -0.104. The minimum atomic E-state index is -1.56. The lowest BCUT2D eigenvalue weighted by Gasteiger charge is -2.32. The molecule has 0 aromatic heterocycles. The van der Waals surface area contributed by atoms with E-state index in [9.17, 15) is 4.79 Å². The van der Waals surface area contributed by atoms with Crippen molar-refractivity contribution >= 4 is 14.6 Å². The highest BCUT2D eigenvalue weighted by Gasteiger charge is 2.34. The first-order chi connectivity index (χ1) is 10.8. The summed E-state index contributed by atoms with van der Waals surface area (Å²) in [5, 5.41) is 0. The van der Waals surface area contributed by atoms with Gasteiger partial charge in [0, 0.05) is 5.92 Å². The molecular weight excluding hydrogens is 304 g/mol. The molecular formula is C19H30O3Si. The second-order valence-corrected chi connectivity index (χ2v) is 11.3.